The maximum absolute atomic E-state index is 10.9. The van der Waals surface area contributed by atoms with Crippen molar-refractivity contribution < 1.29 is 4.79 Å². The first kappa shape index (κ1) is 15.6. The molecule has 1 N–H and O–H groups in total. The molecule has 0 aliphatic heterocycles. The molecule has 0 aromatic heterocycles. The van der Waals surface area contributed by atoms with Crippen LogP contribution >= 0.6 is 12.2 Å². The number of ketones is 1. The van der Waals surface area contributed by atoms with E-state index in [9.17, 15) is 4.79 Å². The zero-order chi connectivity index (χ0) is 14.4. The lowest BCUT2D eigenvalue weighted by Gasteiger charge is -2.16. The van der Waals surface area contributed by atoms with E-state index in [0.29, 0.717) is 11.5 Å². The maximum Gasteiger partial charge on any atom is 0.172 e. The van der Waals surface area contributed by atoms with Crippen LogP contribution in [-0.4, -0.2) is 29.9 Å². The van der Waals surface area contributed by atoms with Gasteiger partial charge in [-0.3, -0.25) is 0 Å². The van der Waals surface area contributed by atoms with E-state index in [0.717, 1.165) is 18.5 Å². The van der Waals surface area contributed by atoms with E-state index in [1.165, 1.54) is 11.1 Å². The van der Waals surface area contributed by atoms with E-state index in [4.69, 9.17) is 12.2 Å². The average molecular weight is 278 g/mol. The number of hydrogen-bond acceptors (Lipinski definition) is 2. The van der Waals surface area contributed by atoms with Gasteiger partial charge < -0.3 is 15.0 Å². The minimum absolute atomic E-state index is 0.257. The van der Waals surface area contributed by atoms with Crippen molar-refractivity contribution in [3.63, 3.8) is 0 Å². The third kappa shape index (κ3) is 5.39. The fraction of sp³-hybridized carbons (Fsp3) is 0.467. The molecule has 1 aromatic rings. The van der Waals surface area contributed by atoms with Gasteiger partial charge in [-0.05, 0) is 62.2 Å². The van der Waals surface area contributed by atoms with Gasteiger partial charge in [0.1, 0.15) is 5.78 Å². The molecule has 0 bridgehead atoms. The van der Waals surface area contributed by atoms with Crippen LogP contribution in [0.15, 0.2) is 18.2 Å². The van der Waals surface area contributed by atoms with Gasteiger partial charge in [0.15, 0.2) is 5.11 Å². The zero-order valence-corrected chi connectivity index (χ0v) is 12.9. The lowest BCUT2D eigenvalue weighted by Crippen LogP contribution is -2.27. The summed E-state index contributed by atoms with van der Waals surface area (Å²) >= 11 is 5.21. The van der Waals surface area contributed by atoms with Crippen LogP contribution in [0.4, 0.5) is 5.69 Å². The molecule has 0 aliphatic carbocycles. The zero-order valence-electron chi connectivity index (χ0n) is 12.1. The number of aryl methyl sites for hydroxylation is 2. The molecule has 0 saturated carbocycles. The highest BCUT2D eigenvalue weighted by Gasteiger charge is 2.04. The summed E-state index contributed by atoms with van der Waals surface area (Å²) < 4.78 is 0. The first-order chi connectivity index (χ1) is 8.90. The molecule has 1 rings (SSSR count). The Kier molecular flexibility index (Phi) is 5.96. The molecule has 0 aliphatic rings. The predicted octanol–water partition coefficient (Wildman–Crippen LogP) is 3.17. The summed E-state index contributed by atoms with van der Waals surface area (Å²) in [5.41, 5.74) is 3.53. The molecule has 0 fully saturated rings. The number of nitrogens with zero attached hydrogens (tertiary/aromatic N) is 1. The van der Waals surface area contributed by atoms with Crippen LogP contribution in [0.3, 0.4) is 0 Å². The monoisotopic (exact) mass is 278 g/mol. The molecule has 0 atom stereocenters. The van der Waals surface area contributed by atoms with Gasteiger partial charge in [0, 0.05) is 26.2 Å². The molecule has 0 unspecified atom stereocenters. The van der Waals surface area contributed by atoms with Gasteiger partial charge in [0.05, 0.1) is 0 Å². The fourth-order valence-corrected chi connectivity index (χ4v) is 1.94. The van der Waals surface area contributed by atoms with E-state index in [1.54, 1.807) is 6.92 Å². The summed E-state index contributed by atoms with van der Waals surface area (Å²) in [6, 6.07) is 6.24. The lowest BCUT2D eigenvalue weighted by molar-refractivity contribution is -0.117. The second-order valence-electron chi connectivity index (χ2n) is 5.02. The van der Waals surface area contributed by atoms with Gasteiger partial charge in [-0.1, -0.05) is 6.07 Å². The van der Waals surface area contributed by atoms with E-state index >= 15 is 0 Å². The minimum atomic E-state index is 0.257. The predicted molar refractivity (Wildman–Crippen MR) is 84.7 cm³/mol. The first-order valence-corrected chi connectivity index (χ1v) is 6.88. The van der Waals surface area contributed by atoms with Crippen LogP contribution in [0.5, 0.6) is 0 Å². The summed E-state index contributed by atoms with van der Waals surface area (Å²) in [6.45, 7) is 3.73. The van der Waals surface area contributed by atoms with Crippen molar-refractivity contribution in [2.75, 3.05) is 19.4 Å². The van der Waals surface area contributed by atoms with Crippen molar-refractivity contribution in [1.82, 2.24) is 4.90 Å². The van der Waals surface area contributed by atoms with Crippen molar-refractivity contribution in [1.29, 1.82) is 0 Å². The smallest absolute Gasteiger partial charge is 0.172 e. The number of nitrogens with one attached hydrogen (secondary N) is 1. The van der Waals surface area contributed by atoms with Gasteiger partial charge in [0.25, 0.3) is 0 Å². The van der Waals surface area contributed by atoms with E-state index in [-0.39, 0.29) is 5.78 Å². The molecule has 0 radical (unpaired) electrons. The summed E-state index contributed by atoms with van der Waals surface area (Å²) in [4.78, 5) is 12.8. The number of rotatable bonds is 5. The van der Waals surface area contributed by atoms with Gasteiger partial charge in [-0.2, -0.15) is 0 Å². The fourth-order valence-electron chi connectivity index (χ4n) is 1.82. The van der Waals surface area contributed by atoms with Crippen molar-refractivity contribution in [3.05, 3.63) is 29.3 Å². The van der Waals surface area contributed by atoms with E-state index in [2.05, 4.69) is 24.4 Å². The van der Waals surface area contributed by atoms with E-state index in [1.807, 2.05) is 25.1 Å². The highest BCUT2D eigenvalue weighted by Crippen LogP contribution is 2.17. The van der Waals surface area contributed by atoms with Crippen LogP contribution in [0, 0.1) is 6.92 Å². The molecule has 0 spiro atoms. The quantitative estimate of drug-likeness (QED) is 0.839. The van der Waals surface area contributed by atoms with Crippen LogP contribution in [0.1, 0.15) is 30.9 Å². The van der Waals surface area contributed by atoms with Crippen molar-refractivity contribution in [3.8, 4) is 0 Å². The normalized spacial score (nSPS) is 10.1. The largest absolute Gasteiger partial charge is 0.355 e. The number of carbonyl (C=O) groups is 1. The summed E-state index contributed by atoms with van der Waals surface area (Å²) in [7, 11) is 3.83. The molecule has 4 heteroatoms. The SMILES string of the molecule is CC(=O)CCCc1ccc(NC(=S)N(C)C)cc1C. The van der Waals surface area contributed by atoms with Gasteiger partial charge in [-0.25, -0.2) is 0 Å². The number of thiocarbonyl (C=S) groups is 1. The van der Waals surface area contributed by atoms with Crippen LogP contribution in [0.2, 0.25) is 0 Å². The Morgan fingerprint density at radius 1 is 1.37 bits per heavy atom. The Balaban J connectivity index is 2.64. The minimum Gasteiger partial charge on any atom is -0.355 e. The second kappa shape index (κ2) is 7.24. The van der Waals surface area contributed by atoms with Crippen LogP contribution in [-0.2, 0) is 11.2 Å². The molecule has 1 aromatic carbocycles. The molecule has 0 saturated heterocycles. The second-order valence-corrected chi connectivity index (χ2v) is 5.41. The highest BCUT2D eigenvalue weighted by molar-refractivity contribution is 7.80. The molecule has 0 amide bonds. The number of Topliss-reactive ketones (excluding diaryl/α,β-unsaturated/α-hetero) is 1. The number of hydrogen-bond donors (Lipinski definition) is 1. The topological polar surface area (TPSA) is 32.3 Å². The van der Waals surface area contributed by atoms with Gasteiger partial charge >= 0.3 is 0 Å². The molecular weight excluding hydrogens is 256 g/mol. The molecule has 3 nitrogen and oxygen atoms in total. The first-order valence-electron chi connectivity index (χ1n) is 6.47. The Bertz CT molecular complexity index is 469. The number of benzene rings is 1. The maximum atomic E-state index is 10.9. The molecule has 104 valence electrons. The standard InChI is InChI=1S/C15H22N2OS/c1-11-10-14(16-15(19)17(3)4)9-8-13(11)7-5-6-12(2)18/h8-10H,5-7H2,1-4H3,(H,16,19). The summed E-state index contributed by atoms with van der Waals surface area (Å²) in [6.07, 6.45) is 2.52. The molecule has 0 heterocycles. The molecule has 19 heavy (non-hydrogen) atoms. The number of anilines is 1. The lowest BCUT2D eigenvalue weighted by atomic mass is 10.0. The van der Waals surface area contributed by atoms with Gasteiger partial charge in [-0.15, -0.1) is 0 Å². The van der Waals surface area contributed by atoms with Crippen LogP contribution < -0.4 is 5.32 Å². The van der Waals surface area contributed by atoms with Gasteiger partial charge in [0.2, 0.25) is 0 Å². The Morgan fingerprint density at radius 2 is 2.05 bits per heavy atom. The third-order valence-corrected chi connectivity index (χ3v) is 3.44. The molecular formula is C15H22N2OS. The summed E-state index contributed by atoms with van der Waals surface area (Å²) in [5, 5.41) is 3.88. The van der Waals surface area contributed by atoms with Crippen LogP contribution in [0.25, 0.3) is 0 Å². The Morgan fingerprint density at radius 3 is 2.58 bits per heavy atom. The number of carbonyl (C=O) groups excluding carboxylic acids is 1. The average Bonchev–Trinajstić information content (AvgIpc) is 2.31. The summed E-state index contributed by atoms with van der Waals surface area (Å²) in [5.74, 6) is 0.257. The highest BCUT2D eigenvalue weighted by atomic mass is 32.1. The van der Waals surface area contributed by atoms with Crippen molar-refractivity contribution in [2.45, 2.75) is 33.1 Å². The third-order valence-electron chi connectivity index (χ3n) is 2.97. The van der Waals surface area contributed by atoms with Crippen molar-refractivity contribution >= 4 is 28.8 Å². The Hall–Kier alpha value is -1.42. The van der Waals surface area contributed by atoms with E-state index < -0.39 is 0 Å². The van der Waals surface area contributed by atoms with Crippen molar-refractivity contribution in [2.24, 2.45) is 0 Å². The Labute approximate surface area is 121 Å².